The van der Waals surface area contributed by atoms with Crippen molar-refractivity contribution in [3.8, 4) is 0 Å². The molecule has 7 nitrogen and oxygen atoms in total. The summed E-state index contributed by atoms with van der Waals surface area (Å²) in [6.07, 6.45) is 5.77. The van der Waals surface area contributed by atoms with E-state index in [4.69, 9.17) is 0 Å². The van der Waals surface area contributed by atoms with Crippen LogP contribution in [0.1, 0.15) is 59.6 Å². The summed E-state index contributed by atoms with van der Waals surface area (Å²) < 4.78 is 1.85. The van der Waals surface area contributed by atoms with Gasteiger partial charge in [0.2, 0.25) is 0 Å². The summed E-state index contributed by atoms with van der Waals surface area (Å²) in [7, 11) is 0. The number of amides is 1. The number of nitrogens with one attached hydrogen (secondary N) is 1. The molecule has 4 rings (SSSR count). The average molecular weight is 375 g/mol. The number of hydrogen-bond donors (Lipinski definition) is 2. The van der Waals surface area contributed by atoms with Gasteiger partial charge in [0.05, 0.1) is 18.3 Å². The van der Waals surface area contributed by atoms with Crippen LogP contribution in [0.3, 0.4) is 0 Å². The second kappa shape index (κ2) is 7.85. The van der Waals surface area contributed by atoms with Gasteiger partial charge < -0.3 is 15.3 Å². The van der Waals surface area contributed by atoms with Crippen LogP contribution in [0.4, 0.5) is 0 Å². The molecule has 2 aliphatic rings. The van der Waals surface area contributed by atoms with Crippen molar-refractivity contribution in [3.63, 3.8) is 0 Å². The van der Waals surface area contributed by atoms with Crippen LogP contribution < -0.4 is 5.32 Å². The Morgan fingerprint density at radius 1 is 1.38 bits per heavy atom. The predicted octanol–water partition coefficient (Wildman–Crippen LogP) is 1.99. The molecule has 8 heteroatoms. The highest BCUT2D eigenvalue weighted by Crippen LogP contribution is 2.30. The number of aliphatic hydroxyl groups is 1. The van der Waals surface area contributed by atoms with Gasteiger partial charge in [0.1, 0.15) is 0 Å². The Hall–Kier alpha value is -1.77. The number of nitrogens with zero attached hydrogens (tertiary/aromatic N) is 4. The van der Waals surface area contributed by atoms with E-state index in [1.807, 2.05) is 27.1 Å². The first-order valence-electron chi connectivity index (χ1n) is 9.37. The zero-order valence-electron chi connectivity index (χ0n) is 14.8. The third kappa shape index (κ3) is 3.67. The highest BCUT2D eigenvalue weighted by molar-refractivity contribution is 7.10. The lowest BCUT2D eigenvalue weighted by Crippen LogP contribution is -2.36. The first-order valence-corrected chi connectivity index (χ1v) is 10.3. The van der Waals surface area contributed by atoms with Gasteiger partial charge in [0.25, 0.3) is 5.91 Å². The van der Waals surface area contributed by atoms with E-state index in [1.165, 1.54) is 0 Å². The van der Waals surface area contributed by atoms with Crippen molar-refractivity contribution in [1.29, 1.82) is 0 Å². The average Bonchev–Trinajstić information content (AvgIpc) is 3.42. The SMILES string of the molecule is O=C(c1cn(C2CCNCC2)nn1)N1CCCC1CC(O)c1cccs1. The fourth-order valence-electron chi connectivity index (χ4n) is 3.97. The lowest BCUT2D eigenvalue weighted by molar-refractivity contribution is 0.0664. The normalized spacial score (nSPS) is 22.7. The van der Waals surface area contributed by atoms with E-state index in [-0.39, 0.29) is 11.9 Å². The Morgan fingerprint density at radius 2 is 2.23 bits per heavy atom. The summed E-state index contributed by atoms with van der Waals surface area (Å²) in [5, 5.41) is 24.1. The first-order chi connectivity index (χ1) is 12.7. The van der Waals surface area contributed by atoms with Gasteiger partial charge in [-0.05, 0) is 56.6 Å². The molecule has 2 aliphatic heterocycles. The van der Waals surface area contributed by atoms with Gasteiger partial charge in [-0.2, -0.15) is 0 Å². The molecule has 0 aromatic carbocycles. The lowest BCUT2D eigenvalue weighted by Gasteiger charge is -2.25. The Balaban J connectivity index is 1.42. The highest BCUT2D eigenvalue weighted by Gasteiger charge is 2.33. The molecule has 2 fully saturated rings. The minimum atomic E-state index is -0.515. The summed E-state index contributed by atoms with van der Waals surface area (Å²) in [4.78, 5) is 15.8. The summed E-state index contributed by atoms with van der Waals surface area (Å²) >= 11 is 1.56. The Bertz CT molecular complexity index is 726. The largest absolute Gasteiger partial charge is 0.387 e. The maximum Gasteiger partial charge on any atom is 0.276 e. The van der Waals surface area contributed by atoms with E-state index in [2.05, 4.69) is 15.6 Å². The molecular weight excluding hydrogens is 350 g/mol. The van der Waals surface area contributed by atoms with E-state index in [1.54, 1.807) is 17.5 Å². The maximum absolute atomic E-state index is 12.9. The summed E-state index contributed by atoms with van der Waals surface area (Å²) in [5.41, 5.74) is 0.418. The second-order valence-corrected chi connectivity index (χ2v) is 8.11. The minimum absolute atomic E-state index is 0.0589. The van der Waals surface area contributed by atoms with E-state index >= 15 is 0 Å². The molecular formula is C18H25N5O2S. The number of carbonyl (C=O) groups excluding carboxylic acids is 1. The van der Waals surface area contributed by atoms with Crippen LogP contribution in [-0.2, 0) is 0 Å². The van der Waals surface area contributed by atoms with Crippen molar-refractivity contribution in [3.05, 3.63) is 34.3 Å². The molecule has 0 spiro atoms. The summed E-state index contributed by atoms with van der Waals surface area (Å²) in [5.74, 6) is -0.0638. The number of aliphatic hydroxyl groups excluding tert-OH is 1. The van der Waals surface area contributed by atoms with E-state index in [0.29, 0.717) is 18.2 Å². The second-order valence-electron chi connectivity index (χ2n) is 7.13. The number of thiophene rings is 1. The Kier molecular flexibility index (Phi) is 5.33. The van der Waals surface area contributed by atoms with Crippen LogP contribution in [-0.4, -0.2) is 56.6 Å². The zero-order valence-corrected chi connectivity index (χ0v) is 15.6. The molecule has 140 valence electrons. The van der Waals surface area contributed by atoms with Crippen LogP contribution in [0.5, 0.6) is 0 Å². The van der Waals surface area contributed by atoms with Crippen molar-refractivity contribution in [1.82, 2.24) is 25.2 Å². The predicted molar refractivity (Wildman–Crippen MR) is 99.1 cm³/mol. The quantitative estimate of drug-likeness (QED) is 0.835. The lowest BCUT2D eigenvalue weighted by atomic mass is 10.1. The van der Waals surface area contributed by atoms with Gasteiger partial charge in [-0.3, -0.25) is 4.79 Å². The molecule has 2 unspecified atom stereocenters. The monoisotopic (exact) mass is 375 g/mol. The number of likely N-dealkylation sites (tertiary alicyclic amines) is 1. The molecule has 0 bridgehead atoms. The third-order valence-electron chi connectivity index (χ3n) is 5.42. The maximum atomic E-state index is 12.9. The van der Waals surface area contributed by atoms with Crippen molar-refractivity contribution < 1.29 is 9.90 Å². The molecule has 0 saturated carbocycles. The standard InChI is InChI=1S/C18H25N5O2S/c24-16(17-4-2-10-26-17)11-14-3-1-9-22(14)18(25)15-12-23(21-20-15)13-5-7-19-8-6-13/h2,4,10,12-14,16,19,24H,1,3,5-9,11H2. The number of piperidine rings is 1. The van der Waals surface area contributed by atoms with Gasteiger partial charge in [-0.25, -0.2) is 4.68 Å². The minimum Gasteiger partial charge on any atom is -0.387 e. The number of aromatic nitrogens is 3. The van der Waals surface area contributed by atoms with Crippen LogP contribution in [0.2, 0.25) is 0 Å². The molecule has 26 heavy (non-hydrogen) atoms. The van der Waals surface area contributed by atoms with Gasteiger partial charge >= 0.3 is 0 Å². The highest BCUT2D eigenvalue weighted by atomic mass is 32.1. The first kappa shape index (κ1) is 17.6. The summed E-state index contributed by atoms with van der Waals surface area (Å²) in [6, 6.07) is 4.27. The molecule has 2 N–H and O–H groups in total. The smallest absolute Gasteiger partial charge is 0.276 e. The molecule has 2 aromatic rings. The molecule has 2 atom stereocenters. The number of rotatable bonds is 5. The molecule has 1 amide bonds. The van der Waals surface area contributed by atoms with Crippen molar-refractivity contribution in [2.75, 3.05) is 19.6 Å². The molecule has 0 radical (unpaired) electrons. The Labute approximate surface area is 157 Å². The number of carbonyl (C=O) groups is 1. The van der Waals surface area contributed by atoms with Gasteiger partial charge in [0.15, 0.2) is 5.69 Å². The van der Waals surface area contributed by atoms with Gasteiger partial charge in [-0.15, -0.1) is 16.4 Å². The van der Waals surface area contributed by atoms with Crippen molar-refractivity contribution in [2.24, 2.45) is 0 Å². The number of hydrogen-bond acceptors (Lipinski definition) is 6. The van der Waals surface area contributed by atoms with Gasteiger partial charge in [0, 0.05) is 17.5 Å². The molecule has 0 aliphatic carbocycles. The van der Waals surface area contributed by atoms with E-state index < -0.39 is 6.10 Å². The Morgan fingerprint density at radius 3 is 3.00 bits per heavy atom. The van der Waals surface area contributed by atoms with Crippen LogP contribution in [0.15, 0.2) is 23.7 Å². The molecule has 4 heterocycles. The van der Waals surface area contributed by atoms with Gasteiger partial charge in [-0.1, -0.05) is 11.3 Å². The van der Waals surface area contributed by atoms with Crippen LogP contribution >= 0.6 is 11.3 Å². The fourth-order valence-corrected chi connectivity index (χ4v) is 4.70. The fraction of sp³-hybridized carbons (Fsp3) is 0.611. The zero-order chi connectivity index (χ0) is 17.9. The molecule has 2 saturated heterocycles. The topological polar surface area (TPSA) is 83.3 Å². The molecule has 2 aromatic heterocycles. The van der Waals surface area contributed by atoms with Crippen LogP contribution in [0, 0.1) is 0 Å². The van der Waals surface area contributed by atoms with E-state index in [9.17, 15) is 9.90 Å². The third-order valence-corrected chi connectivity index (χ3v) is 6.39. The summed E-state index contributed by atoms with van der Waals surface area (Å²) in [6.45, 7) is 2.67. The van der Waals surface area contributed by atoms with Crippen molar-refractivity contribution >= 4 is 17.2 Å². The van der Waals surface area contributed by atoms with E-state index in [0.717, 1.165) is 50.2 Å². The van der Waals surface area contributed by atoms with Crippen molar-refractivity contribution in [2.45, 2.75) is 50.3 Å². The van der Waals surface area contributed by atoms with Crippen LogP contribution in [0.25, 0.3) is 0 Å².